The van der Waals surface area contributed by atoms with E-state index in [9.17, 15) is 9.18 Å². The van der Waals surface area contributed by atoms with Gasteiger partial charge in [-0.1, -0.05) is 12.1 Å². The van der Waals surface area contributed by atoms with Crippen molar-refractivity contribution in [3.05, 3.63) is 56.7 Å². The van der Waals surface area contributed by atoms with E-state index in [0.717, 1.165) is 20.7 Å². The zero-order chi connectivity index (χ0) is 17.0. The van der Waals surface area contributed by atoms with Gasteiger partial charge in [-0.25, -0.2) is 14.1 Å². The Morgan fingerprint density at radius 1 is 1.29 bits per heavy atom. The number of aromatic nitrogens is 4. The van der Waals surface area contributed by atoms with E-state index in [-0.39, 0.29) is 17.9 Å². The molecule has 3 heterocycles. The topological polar surface area (TPSA) is 52.7 Å². The molecule has 0 N–H and O–H groups in total. The van der Waals surface area contributed by atoms with E-state index < -0.39 is 0 Å². The number of benzene rings is 1. The fourth-order valence-electron chi connectivity index (χ4n) is 2.91. The SMILES string of the molecule is Cc1nc2c(s1)c1cnn(Cc3ccc(C)c(F)c3)c(=O)c1n2C. The Morgan fingerprint density at radius 2 is 2.08 bits per heavy atom. The first-order chi connectivity index (χ1) is 11.5. The largest absolute Gasteiger partial charge is 0.323 e. The van der Waals surface area contributed by atoms with Gasteiger partial charge in [-0.2, -0.15) is 5.10 Å². The van der Waals surface area contributed by atoms with E-state index in [0.29, 0.717) is 16.6 Å². The van der Waals surface area contributed by atoms with E-state index in [1.54, 1.807) is 30.5 Å². The molecule has 1 aromatic carbocycles. The molecule has 4 aromatic rings. The van der Waals surface area contributed by atoms with Crippen molar-refractivity contribution in [1.82, 2.24) is 19.3 Å². The molecule has 0 amide bonds. The van der Waals surface area contributed by atoms with Gasteiger partial charge in [0, 0.05) is 12.4 Å². The number of hydrogen-bond donors (Lipinski definition) is 0. The molecule has 4 rings (SSSR count). The van der Waals surface area contributed by atoms with Crippen LogP contribution in [0.15, 0.2) is 29.2 Å². The fraction of sp³-hybridized carbons (Fsp3) is 0.235. The number of aryl methyl sites for hydroxylation is 3. The summed E-state index contributed by atoms with van der Waals surface area (Å²) >= 11 is 1.55. The van der Waals surface area contributed by atoms with Crippen molar-refractivity contribution < 1.29 is 4.39 Å². The summed E-state index contributed by atoms with van der Waals surface area (Å²) in [5.74, 6) is -0.277. The molecule has 0 aliphatic heterocycles. The quantitative estimate of drug-likeness (QED) is 0.562. The Labute approximate surface area is 141 Å². The van der Waals surface area contributed by atoms with E-state index >= 15 is 0 Å². The summed E-state index contributed by atoms with van der Waals surface area (Å²) in [5.41, 5.74) is 2.46. The highest BCUT2D eigenvalue weighted by molar-refractivity contribution is 7.19. The van der Waals surface area contributed by atoms with Crippen molar-refractivity contribution in [3.63, 3.8) is 0 Å². The fourth-order valence-corrected chi connectivity index (χ4v) is 3.87. The van der Waals surface area contributed by atoms with Gasteiger partial charge in [-0.3, -0.25) is 4.79 Å². The highest BCUT2D eigenvalue weighted by Crippen LogP contribution is 2.30. The standard InChI is InChI=1S/C17H15FN4OS/c1-9-4-5-11(6-13(9)18)8-22-17(23)14-12(7-19-22)15-16(21(14)3)20-10(2)24-15/h4-7H,8H2,1-3H3. The van der Waals surface area contributed by atoms with Crippen molar-refractivity contribution in [2.75, 3.05) is 0 Å². The molecule has 0 unspecified atom stereocenters. The van der Waals surface area contributed by atoms with Gasteiger partial charge in [-0.05, 0) is 31.0 Å². The van der Waals surface area contributed by atoms with Gasteiger partial charge in [0.2, 0.25) is 0 Å². The Morgan fingerprint density at radius 3 is 2.83 bits per heavy atom. The molecule has 3 aromatic heterocycles. The van der Waals surface area contributed by atoms with Crippen LogP contribution >= 0.6 is 11.3 Å². The summed E-state index contributed by atoms with van der Waals surface area (Å²) in [4.78, 5) is 17.3. The van der Waals surface area contributed by atoms with Gasteiger partial charge in [0.1, 0.15) is 11.3 Å². The van der Waals surface area contributed by atoms with Crippen LogP contribution in [0.2, 0.25) is 0 Å². The first kappa shape index (κ1) is 15.0. The minimum absolute atomic E-state index is 0.196. The molecule has 122 valence electrons. The third kappa shape index (κ3) is 2.16. The van der Waals surface area contributed by atoms with Crippen molar-refractivity contribution in [1.29, 1.82) is 0 Å². The lowest BCUT2D eigenvalue weighted by molar-refractivity contribution is 0.605. The molecule has 0 bridgehead atoms. The highest BCUT2D eigenvalue weighted by Gasteiger charge is 2.17. The average Bonchev–Trinajstić information content (AvgIpc) is 3.04. The maximum Gasteiger partial charge on any atom is 0.291 e. The maximum absolute atomic E-state index is 13.7. The molecular weight excluding hydrogens is 327 g/mol. The Hall–Kier alpha value is -2.54. The molecule has 0 aliphatic carbocycles. The number of rotatable bonds is 2. The van der Waals surface area contributed by atoms with Gasteiger partial charge in [0.25, 0.3) is 5.56 Å². The smallest absolute Gasteiger partial charge is 0.291 e. The molecule has 0 atom stereocenters. The van der Waals surface area contributed by atoms with E-state index in [2.05, 4.69) is 10.1 Å². The van der Waals surface area contributed by atoms with Crippen molar-refractivity contribution >= 4 is 32.6 Å². The Balaban J connectivity index is 1.88. The zero-order valence-electron chi connectivity index (χ0n) is 13.5. The normalized spacial score (nSPS) is 11.7. The van der Waals surface area contributed by atoms with Crippen LogP contribution < -0.4 is 5.56 Å². The van der Waals surface area contributed by atoms with Crippen molar-refractivity contribution in [3.8, 4) is 0 Å². The van der Waals surface area contributed by atoms with Gasteiger partial charge < -0.3 is 4.57 Å². The molecular formula is C17H15FN4OS. The lowest BCUT2D eigenvalue weighted by Crippen LogP contribution is -2.24. The van der Waals surface area contributed by atoms with Gasteiger partial charge in [0.05, 0.1) is 22.4 Å². The van der Waals surface area contributed by atoms with Crippen molar-refractivity contribution in [2.24, 2.45) is 7.05 Å². The summed E-state index contributed by atoms with van der Waals surface area (Å²) in [6.45, 7) is 3.88. The first-order valence-electron chi connectivity index (χ1n) is 7.52. The monoisotopic (exact) mass is 342 g/mol. The van der Waals surface area contributed by atoms with Gasteiger partial charge in [-0.15, -0.1) is 11.3 Å². The minimum atomic E-state index is -0.277. The number of fused-ring (bicyclic) bond motifs is 3. The van der Waals surface area contributed by atoms with Crippen LogP contribution in [0.5, 0.6) is 0 Å². The predicted octanol–water partition coefficient (Wildman–Crippen LogP) is 3.15. The highest BCUT2D eigenvalue weighted by atomic mass is 32.1. The summed E-state index contributed by atoms with van der Waals surface area (Å²) in [6, 6.07) is 4.97. The molecule has 24 heavy (non-hydrogen) atoms. The lowest BCUT2D eigenvalue weighted by Gasteiger charge is -2.07. The molecule has 0 aliphatic rings. The van der Waals surface area contributed by atoms with Crippen LogP contribution in [0.4, 0.5) is 4.39 Å². The van der Waals surface area contributed by atoms with Crippen LogP contribution in [0.1, 0.15) is 16.1 Å². The Bertz CT molecular complexity index is 1160. The molecule has 0 spiro atoms. The van der Waals surface area contributed by atoms with Crippen molar-refractivity contribution in [2.45, 2.75) is 20.4 Å². The first-order valence-corrected chi connectivity index (χ1v) is 8.34. The summed E-state index contributed by atoms with van der Waals surface area (Å²) in [7, 11) is 1.83. The average molecular weight is 342 g/mol. The predicted molar refractivity (Wildman–Crippen MR) is 93.1 cm³/mol. The van der Waals surface area contributed by atoms with Crippen LogP contribution in [0.3, 0.4) is 0 Å². The van der Waals surface area contributed by atoms with Crippen LogP contribution in [0, 0.1) is 19.7 Å². The molecule has 5 nitrogen and oxygen atoms in total. The van der Waals surface area contributed by atoms with E-state index in [1.165, 1.54) is 10.7 Å². The third-order valence-corrected chi connectivity index (χ3v) is 5.19. The number of hydrogen-bond acceptors (Lipinski definition) is 4. The second-order valence-electron chi connectivity index (χ2n) is 5.90. The Kier molecular flexibility index (Phi) is 3.28. The second-order valence-corrected chi connectivity index (χ2v) is 7.10. The van der Waals surface area contributed by atoms with E-state index in [4.69, 9.17) is 0 Å². The third-order valence-electron chi connectivity index (χ3n) is 4.20. The lowest BCUT2D eigenvalue weighted by atomic mass is 10.1. The van der Waals surface area contributed by atoms with Crippen LogP contribution in [-0.2, 0) is 13.6 Å². The number of thiazole rings is 1. The van der Waals surface area contributed by atoms with Gasteiger partial charge in [0.15, 0.2) is 5.65 Å². The molecule has 0 saturated heterocycles. The summed E-state index contributed by atoms with van der Waals surface area (Å²) in [6.07, 6.45) is 1.70. The molecule has 7 heteroatoms. The zero-order valence-corrected chi connectivity index (χ0v) is 14.3. The number of halogens is 1. The maximum atomic E-state index is 13.7. The molecule has 0 radical (unpaired) electrons. The summed E-state index contributed by atoms with van der Waals surface area (Å²) in [5, 5.41) is 6.04. The van der Waals surface area contributed by atoms with Crippen LogP contribution in [0.25, 0.3) is 21.3 Å². The molecule has 0 fully saturated rings. The summed E-state index contributed by atoms with van der Waals surface area (Å²) < 4.78 is 17.9. The second kappa shape index (κ2) is 5.24. The van der Waals surface area contributed by atoms with Gasteiger partial charge >= 0.3 is 0 Å². The van der Waals surface area contributed by atoms with Crippen LogP contribution in [-0.4, -0.2) is 19.3 Å². The number of nitrogens with zero attached hydrogens (tertiary/aromatic N) is 4. The minimum Gasteiger partial charge on any atom is -0.323 e. The van der Waals surface area contributed by atoms with E-state index in [1.807, 2.05) is 24.6 Å². The molecule has 0 saturated carbocycles.